The van der Waals surface area contributed by atoms with E-state index in [4.69, 9.17) is 4.74 Å². The SMILES string of the molecule is CC(C)(C)OC(=O)N[C@@H]1CCC[C@@H]2CN(C(=O)Cn3cccn3)C[C@H]21. The number of likely N-dealkylation sites (tertiary alicyclic amines) is 1. The van der Waals surface area contributed by atoms with Crippen molar-refractivity contribution in [1.82, 2.24) is 20.0 Å². The molecule has 7 heteroatoms. The Morgan fingerprint density at radius 3 is 2.76 bits per heavy atom. The standard InChI is InChI=1S/C18H28N4O3/c1-18(2,3)25-17(24)20-15-7-4-6-13-10-21(11-14(13)15)16(23)12-22-9-5-8-19-22/h5,8-9,13-15H,4,6-7,10-12H2,1-3H3,(H,20,24)/t13-,14-,15-/m1/s1. The molecule has 1 aliphatic heterocycles. The van der Waals surface area contributed by atoms with E-state index in [1.165, 1.54) is 0 Å². The highest BCUT2D eigenvalue weighted by Gasteiger charge is 2.42. The van der Waals surface area contributed by atoms with Crippen LogP contribution in [0, 0.1) is 11.8 Å². The van der Waals surface area contributed by atoms with Crippen LogP contribution in [-0.2, 0) is 16.1 Å². The van der Waals surface area contributed by atoms with E-state index in [1.807, 2.05) is 31.7 Å². The van der Waals surface area contributed by atoms with Crippen LogP contribution in [0.15, 0.2) is 18.5 Å². The van der Waals surface area contributed by atoms with Crippen molar-refractivity contribution < 1.29 is 14.3 Å². The molecule has 0 radical (unpaired) electrons. The van der Waals surface area contributed by atoms with Crippen LogP contribution in [0.1, 0.15) is 40.0 Å². The van der Waals surface area contributed by atoms with Gasteiger partial charge in [-0.3, -0.25) is 9.48 Å². The van der Waals surface area contributed by atoms with Gasteiger partial charge in [0.25, 0.3) is 0 Å². The van der Waals surface area contributed by atoms with E-state index in [0.717, 1.165) is 25.8 Å². The quantitative estimate of drug-likeness (QED) is 0.907. The minimum atomic E-state index is -0.500. The third-order valence-electron chi connectivity index (χ3n) is 5.01. The Bertz CT molecular complexity index is 608. The zero-order valence-corrected chi connectivity index (χ0v) is 15.3. The average molecular weight is 348 g/mol. The second-order valence-electron chi connectivity index (χ2n) is 8.11. The van der Waals surface area contributed by atoms with E-state index in [-0.39, 0.29) is 24.6 Å². The van der Waals surface area contributed by atoms with Crippen molar-refractivity contribution in [3.05, 3.63) is 18.5 Å². The van der Waals surface area contributed by atoms with E-state index >= 15 is 0 Å². The predicted octanol–water partition coefficient (Wildman–Crippen LogP) is 2.03. The molecule has 1 aliphatic carbocycles. The summed E-state index contributed by atoms with van der Waals surface area (Å²) in [5, 5.41) is 7.14. The van der Waals surface area contributed by atoms with Gasteiger partial charge in [-0.2, -0.15) is 5.10 Å². The van der Waals surface area contributed by atoms with Crippen molar-refractivity contribution in [2.24, 2.45) is 11.8 Å². The molecular formula is C18H28N4O3. The van der Waals surface area contributed by atoms with Gasteiger partial charge in [0.2, 0.25) is 5.91 Å². The number of fused-ring (bicyclic) bond motifs is 1. The molecule has 2 heterocycles. The van der Waals surface area contributed by atoms with Crippen molar-refractivity contribution in [1.29, 1.82) is 0 Å². The maximum atomic E-state index is 12.5. The highest BCUT2D eigenvalue weighted by atomic mass is 16.6. The van der Waals surface area contributed by atoms with E-state index in [0.29, 0.717) is 18.4 Å². The van der Waals surface area contributed by atoms with E-state index in [1.54, 1.807) is 17.1 Å². The molecule has 138 valence electrons. The second-order valence-corrected chi connectivity index (χ2v) is 8.11. The fourth-order valence-electron chi connectivity index (χ4n) is 3.95. The Hall–Kier alpha value is -2.05. The second kappa shape index (κ2) is 7.06. The van der Waals surface area contributed by atoms with Gasteiger partial charge >= 0.3 is 6.09 Å². The number of hydrogen-bond acceptors (Lipinski definition) is 4. The van der Waals surface area contributed by atoms with Crippen LogP contribution in [0.3, 0.4) is 0 Å². The number of nitrogens with zero attached hydrogens (tertiary/aromatic N) is 3. The number of aromatic nitrogens is 2. The molecule has 1 saturated heterocycles. The fourth-order valence-corrected chi connectivity index (χ4v) is 3.95. The lowest BCUT2D eigenvalue weighted by molar-refractivity contribution is -0.131. The first kappa shape index (κ1) is 17.8. The number of nitrogens with one attached hydrogen (secondary N) is 1. The third kappa shape index (κ3) is 4.52. The van der Waals surface area contributed by atoms with Gasteiger partial charge in [0, 0.05) is 37.4 Å². The molecule has 1 N–H and O–H groups in total. The number of hydrogen-bond donors (Lipinski definition) is 1. The Kier molecular flexibility index (Phi) is 5.01. The van der Waals surface area contributed by atoms with Crippen LogP contribution in [0.5, 0.6) is 0 Å². The van der Waals surface area contributed by atoms with Crippen LogP contribution in [-0.4, -0.2) is 51.4 Å². The summed E-state index contributed by atoms with van der Waals surface area (Å²) in [4.78, 5) is 26.6. The van der Waals surface area contributed by atoms with Gasteiger partial charge in [-0.1, -0.05) is 6.42 Å². The fraction of sp³-hybridized carbons (Fsp3) is 0.722. The van der Waals surface area contributed by atoms with Crippen LogP contribution in [0.25, 0.3) is 0 Å². The Balaban J connectivity index is 1.58. The lowest BCUT2D eigenvalue weighted by atomic mass is 9.78. The lowest BCUT2D eigenvalue weighted by Crippen LogP contribution is -2.47. The molecule has 1 saturated carbocycles. The largest absolute Gasteiger partial charge is 0.444 e. The molecule has 0 aromatic carbocycles. The lowest BCUT2D eigenvalue weighted by Gasteiger charge is -2.33. The number of alkyl carbamates (subject to hydrolysis) is 1. The maximum Gasteiger partial charge on any atom is 0.407 e. The molecule has 0 spiro atoms. The molecule has 2 aliphatic rings. The first-order chi connectivity index (χ1) is 11.8. The minimum Gasteiger partial charge on any atom is -0.444 e. The summed E-state index contributed by atoms with van der Waals surface area (Å²) in [6.45, 7) is 7.34. The van der Waals surface area contributed by atoms with Gasteiger partial charge in [-0.05, 0) is 45.6 Å². The monoisotopic (exact) mass is 348 g/mol. The van der Waals surface area contributed by atoms with Crippen molar-refractivity contribution in [2.75, 3.05) is 13.1 Å². The number of rotatable bonds is 3. The van der Waals surface area contributed by atoms with E-state index < -0.39 is 5.60 Å². The van der Waals surface area contributed by atoms with Gasteiger partial charge in [0.15, 0.2) is 0 Å². The van der Waals surface area contributed by atoms with Crippen LogP contribution in [0.4, 0.5) is 4.79 Å². The summed E-state index contributed by atoms with van der Waals surface area (Å²) in [5.74, 6) is 0.854. The number of ether oxygens (including phenoxy) is 1. The number of amides is 2. The van der Waals surface area contributed by atoms with Gasteiger partial charge in [-0.25, -0.2) is 4.79 Å². The van der Waals surface area contributed by atoms with E-state index in [2.05, 4.69) is 10.4 Å². The molecule has 0 unspecified atom stereocenters. The van der Waals surface area contributed by atoms with Gasteiger partial charge in [0.05, 0.1) is 0 Å². The zero-order chi connectivity index (χ0) is 18.0. The van der Waals surface area contributed by atoms with Crippen LogP contribution < -0.4 is 5.32 Å². The minimum absolute atomic E-state index is 0.0797. The third-order valence-corrected chi connectivity index (χ3v) is 5.01. The van der Waals surface area contributed by atoms with E-state index in [9.17, 15) is 9.59 Å². The Labute approximate surface area is 148 Å². The molecule has 0 bridgehead atoms. The predicted molar refractivity (Wildman–Crippen MR) is 92.8 cm³/mol. The molecule has 1 aromatic rings. The molecule has 7 nitrogen and oxygen atoms in total. The number of carbonyl (C=O) groups excluding carboxylic acids is 2. The normalized spacial score (nSPS) is 26.2. The average Bonchev–Trinajstić information content (AvgIpc) is 3.14. The molecular weight excluding hydrogens is 320 g/mol. The Morgan fingerprint density at radius 1 is 1.28 bits per heavy atom. The maximum absolute atomic E-state index is 12.5. The first-order valence-electron chi connectivity index (χ1n) is 9.06. The highest BCUT2D eigenvalue weighted by Crippen LogP contribution is 2.36. The zero-order valence-electron chi connectivity index (χ0n) is 15.3. The molecule has 25 heavy (non-hydrogen) atoms. The summed E-state index contributed by atoms with van der Waals surface area (Å²) in [7, 11) is 0. The van der Waals surface area contributed by atoms with Gasteiger partial charge in [0.1, 0.15) is 12.1 Å². The van der Waals surface area contributed by atoms with Crippen molar-refractivity contribution in [3.63, 3.8) is 0 Å². The summed E-state index contributed by atoms with van der Waals surface area (Å²) in [6, 6.07) is 1.90. The van der Waals surface area contributed by atoms with Crippen LogP contribution >= 0.6 is 0 Å². The topological polar surface area (TPSA) is 76.5 Å². The Morgan fingerprint density at radius 2 is 2.08 bits per heavy atom. The van der Waals surface area contributed by atoms with Crippen LogP contribution in [0.2, 0.25) is 0 Å². The molecule has 3 rings (SSSR count). The first-order valence-corrected chi connectivity index (χ1v) is 9.06. The van der Waals surface area contributed by atoms with Gasteiger partial charge < -0.3 is 15.0 Å². The van der Waals surface area contributed by atoms with Crippen molar-refractivity contribution >= 4 is 12.0 Å². The van der Waals surface area contributed by atoms with Crippen molar-refractivity contribution in [2.45, 2.75) is 58.2 Å². The molecule has 2 amide bonds. The smallest absolute Gasteiger partial charge is 0.407 e. The molecule has 2 fully saturated rings. The molecule has 3 atom stereocenters. The highest BCUT2D eigenvalue weighted by molar-refractivity contribution is 5.76. The molecule has 1 aromatic heterocycles. The summed E-state index contributed by atoms with van der Waals surface area (Å²) in [5.41, 5.74) is -0.500. The van der Waals surface area contributed by atoms with Crippen molar-refractivity contribution in [3.8, 4) is 0 Å². The summed E-state index contributed by atoms with van der Waals surface area (Å²) < 4.78 is 7.04. The number of carbonyl (C=O) groups is 2. The summed E-state index contributed by atoms with van der Waals surface area (Å²) in [6.07, 6.45) is 6.25. The summed E-state index contributed by atoms with van der Waals surface area (Å²) >= 11 is 0. The van der Waals surface area contributed by atoms with Gasteiger partial charge in [-0.15, -0.1) is 0 Å².